The Hall–Kier alpha value is -1.53. The normalized spacial score (nSPS) is 14.8. The van der Waals surface area contributed by atoms with E-state index in [0.717, 1.165) is 5.56 Å². The minimum absolute atomic E-state index is 0.0786. The molecule has 4 nitrogen and oxygen atoms in total. The summed E-state index contributed by atoms with van der Waals surface area (Å²) in [6.07, 6.45) is 2.26. The van der Waals surface area contributed by atoms with E-state index in [9.17, 15) is 4.79 Å². The van der Waals surface area contributed by atoms with Gasteiger partial charge in [0.05, 0.1) is 19.5 Å². The van der Waals surface area contributed by atoms with Crippen molar-refractivity contribution in [1.82, 2.24) is 9.88 Å². The Morgan fingerprint density at radius 1 is 1.39 bits per heavy atom. The second-order valence-corrected chi connectivity index (χ2v) is 8.33. The van der Waals surface area contributed by atoms with Crippen LogP contribution in [0.3, 0.4) is 0 Å². The van der Waals surface area contributed by atoms with Crippen LogP contribution in [-0.4, -0.2) is 40.2 Å². The first-order chi connectivity index (χ1) is 11.1. The molecule has 0 N–H and O–H groups in total. The molecule has 1 aromatic heterocycles. The topological polar surface area (TPSA) is 42.4 Å². The fourth-order valence-corrected chi connectivity index (χ4v) is 3.76. The number of amides is 1. The van der Waals surface area contributed by atoms with Crippen LogP contribution in [0.2, 0.25) is 0 Å². The minimum atomic E-state index is 0.0786. The van der Waals surface area contributed by atoms with Crippen molar-refractivity contribution in [3.63, 3.8) is 0 Å². The highest BCUT2D eigenvalue weighted by Crippen LogP contribution is 2.24. The lowest BCUT2D eigenvalue weighted by Crippen LogP contribution is -2.56. The van der Waals surface area contributed by atoms with Crippen LogP contribution in [0.15, 0.2) is 40.7 Å². The number of carbonyl (C=O) groups is 1. The molecule has 0 aliphatic carbocycles. The molecule has 0 radical (unpaired) electrons. The second-order valence-electron chi connectivity index (χ2n) is 5.82. The van der Waals surface area contributed by atoms with E-state index in [1.165, 1.54) is 16.2 Å². The number of thiazole rings is 1. The number of hydrogen-bond acceptors (Lipinski definition) is 5. The molecule has 6 heteroatoms. The SMILES string of the molecule is CC(C)Sc1ccc(CC(=O)N2CC(Oc3nccs3)C2)cc1. The van der Waals surface area contributed by atoms with Crippen molar-refractivity contribution < 1.29 is 9.53 Å². The molecule has 3 rings (SSSR count). The maximum Gasteiger partial charge on any atom is 0.273 e. The second kappa shape index (κ2) is 7.36. The first-order valence-electron chi connectivity index (χ1n) is 7.69. The van der Waals surface area contributed by atoms with Gasteiger partial charge < -0.3 is 9.64 Å². The van der Waals surface area contributed by atoms with Crippen molar-refractivity contribution in [2.75, 3.05) is 13.1 Å². The van der Waals surface area contributed by atoms with Crippen LogP contribution in [0, 0.1) is 0 Å². The van der Waals surface area contributed by atoms with Crippen LogP contribution < -0.4 is 4.74 Å². The van der Waals surface area contributed by atoms with Crippen molar-refractivity contribution >= 4 is 29.0 Å². The lowest BCUT2D eigenvalue weighted by atomic mass is 10.1. The maximum absolute atomic E-state index is 12.3. The molecule has 0 bridgehead atoms. The molecule has 0 atom stereocenters. The summed E-state index contributed by atoms with van der Waals surface area (Å²) in [4.78, 5) is 19.4. The molecule has 2 heterocycles. The van der Waals surface area contributed by atoms with Crippen molar-refractivity contribution in [2.45, 2.75) is 36.5 Å². The summed E-state index contributed by atoms with van der Waals surface area (Å²) in [5.41, 5.74) is 1.06. The number of nitrogens with zero attached hydrogens (tertiary/aromatic N) is 2. The highest BCUT2D eigenvalue weighted by atomic mass is 32.2. The quantitative estimate of drug-likeness (QED) is 0.750. The molecular weight excluding hydrogens is 328 g/mol. The first kappa shape index (κ1) is 16.3. The van der Waals surface area contributed by atoms with E-state index < -0.39 is 0 Å². The zero-order valence-corrected chi connectivity index (χ0v) is 14.9. The third-order valence-corrected chi connectivity index (χ3v) is 5.21. The summed E-state index contributed by atoms with van der Waals surface area (Å²) >= 11 is 3.31. The minimum Gasteiger partial charge on any atom is -0.463 e. The number of benzene rings is 1. The van der Waals surface area contributed by atoms with Crippen molar-refractivity contribution in [3.8, 4) is 5.19 Å². The van der Waals surface area contributed by atoms with Crippen LogP contribution in [0.1, 0.15) is 19.4 Å². The molecule has 1 saturated heterocycles. The Balaban J connectivity index is 1.45. The van der Waals surface area contributed by atoms with Gasteiger partial charge in [0, 0.05) is 21.7 Å². The standard InChI is InChI=1S/C17H20N2O2S2/c1-12(2)23-15-5-3-13(4-6-15)9-16(20)19-10-14(11-19)21-17-18-7-8-22-17/h3-8,12,14H,9-11H2,1-2H3. The Morgan fingerprint density at radius 3 is 2.74 bits per heavy atom. The summed E-state index contributed by atoms with van der Waals surface area (Å²) in [5.74, 6) is 0.160. The van der Waals surface area contributed by atoms with Gasteiger partial charge in [0.15, 0.2) is 0 Å². The Labute approximate surface area is 144 Å². The molecule has 0 saturated carbocycles. The number of carbonyl (C=O) groups excluding carboxylic acids is 1. The maximum atomic E-state index is 12.3. The van der Waals surface area contributed by atoms with Gasteiger partial charge in [-0.2, -0.15) is 0 Å². The predicted molar refractivity (Wildman–Crippen MR) is 94.2 cm³/mol. The zero-order valence-electron chi connectivity index (χ0n) is 13.3. The lowest BCUT2D eigenvalue weighted by Gasteiger charge is -2.38. The molecule has 1 fully saturated rings. The van der Waals surface area contributed by atoms with Gasteiger partial charge in [-0.25, -0.2) is 4.98 Å². The summed E-state index contributed by atoms with van der Waals surface area (Å²) in [7, 11) is 0. The monoisotopic (exact) mass is 348 g/mol. The number of aromatic nitrogens is 1. The van der Waals surface area contributed by atoms with Gasteiger partial charge in [0.1, 0.15) is 6.10 Å². The van der Waals surface area contributed by atoms with Gasteiger partial charge in [-0.15, -0.1) is 11.8 Å². The lowest BCUT2D eigenvalue weighted by molar-refractivity contribution is -0.139. The Morgan fingerprint density at radius 2 is 2.13 bits per heavy atom. The largest absolute Gasteiger partial charge is 0.463 e. The fourth-order valence-electron chi connectivity index (χ4n) is 2.37. The summed E-state index contributed by atoms with van der Waals surface area (Å²) < 4.78 is 5.68. The summed E-state index contributed by atoms with van der Waals surface area (Å²) in [5, 5.41) is 3.14. The van der Waals surface area contributed by atoms with E-state index in [1.807, 2.05) is 34.2 Å². The highest BCUT2D eigenvalue weighted by molar-refractivity contribution is 7.99. The molecule has 2 aromatic rings. The molecule has 1 aliphatic rings. The van der Waals surface area contributed by atoms with Gasteiger partial charge in [0.25, 0.3) is 5.19 Å². The molecule has 122 valence electrons. The average molecular weight is 348 g/mol. The van der Waals surface area contributed by atoms with Crippen molar-refractivity contribution in [2.24, 2.45) is 0 Å². The van der Waals surface area contributed by atoms with Crippen LogP contribution in [0.5, 0.6) is 5.19 Å². The first-order valence-corrected chi connectivity index (χ1v) is 9.45. The molecule has 0 unspecified atom stereocenters. The summed E-state index contributed by atoms with van der Waals surface area (Å²) in [6.45, 7) is 5.66. The van der Waals surface area contributed by atoms with Gasteiger partial charge >= 0.3 is 0 Å². The fraction of sp³-hybridized carbons (Fsp3) is 0.412. The molecule has 1 amide bonds. The van der Waals surface area contributed by atoms with Crippen LogP contribution in [0.25, 0.3) is 0 Å². The Bertz CT molecular complexity index is 635. The van der Waals surface area contributed by atoms with E-state index in [1.54, 1.807) is 6.20 Å². The average Bonchev–Trinajstić information content (AvgIpc) is 2.97. The zero-order chi connectivity index (χ0) is 16.2. The van der Waals surface area contributed by atoms with Crippen molar-refractivity contribution in [3.05, 3.63) is 41.4 Å². The highest BCUT2D eigenvalue weighted by Gasteiger charge is 2.32. The number of hydrogen-bond donors (Lipinski definition) is 0. The Kier molecular flexibility index (Phi) is 5.23. The van der Waals surface area contributed by atoms with Crippen molar-refractivity contribution in [1.29, 1.82) is 0 Å². The van der Waals surface area contributed by atoms with Gasteiger partial charge in [-0.1, -0.05) is 37.3 Å². The smallest absolute Gasteiger partial charge is 0.273 e. The molecule has 1 aromatic carbocycles. The van der Waals surface area contributed by atoms with E-state index in [-0.39, 0.29) is 12.0 Å². The number of likely N-dealkylation sites (tertiary alicyclic amines) is 1. The van der Waals surface area contributed by atoms with Gasteiger partial charge in [0.2, 0.25) is 5.91 Å². The number of thioether (sulfide) groups is 1. The summed E-state index contributed by atoms with van der Waals surface area (Å²) in [6, 6.07) is 8.29. The molecule has 0 spiro atoms. The molecular formula is C17H20N2O2S2. The van der Waals surface area contributed by atoms with Crippen LogP contribution in [0.4, 0.5) is 0 Å². The van der Waals surface area contributed by atoms with E-state index in [4.69, 9.17) is 4.74 Å². The predicted octanol–water partition coefficient (Wildman–Crippen LogP) is 3.48. The van der Waals surface area contributed by atoms with Crippen LogP contribution in [-0.2, 0) is 11.2 Å². The number of rotatable bonds is 6. The molecule has 1 aliphatic heterocycles. The van der Waals surface area contributed by atoms with E-state index >= 15 is 0 Å². The van der Waals surface area contributed by atoms with Crippen LogP contribution >= 0.6 is 23.1 Å². The third-order valence-electron chi connectivity index (χ3n) is 3.53. The third kappa shape index (κ3) is 4.48. The van der Waals surface area contributed by atoms with E-state index in [2.05, 4.69) is 31.0 Å². The van der Waals surface area contributed by atoms with E-state index in [0.29, 0.717) is 30.0 Å². The molecule has 23 heavy (non-hydrogen) atoms. The number of ether oxygens (including phenoxy) is 1. The van der Waals surface area contributed by atoms with Gasteiger partial charge in [-0.3, -0.25) is 4.79 Å². The van der Waals surface area contributed by atoms with Gasteiger partial charge in [-0.05, 0) is 17.7 Å².